The number of aromatic amines is 1. The maximum absolute atomic E-state index is 14.5. The average Bonchev–Trinajstić information content (AvgIpc) is 3.43. The van der Waals surface area contributed by atoms with E-state index in [0.717, 1.165) is 35.9 Å². The van der Waals surface area contributed by atoms with Crippen LogP contribution in [0.1, 0.15) is 63.9 Å². The number of primary amides is 1. The van der Waals surface area contributed by atoms with Crippen LogP contribution in [0, 0.1) is 5.82 Å². The number of hydrogen-bond donors (Lipinski definition) is 4. The summed E-state index contributed by atoms with van der Waals surface area (Å²) in [4.78, 5) is 18.9. The van der Waals surface area contributed by atoms with Gasteiger partial charge < -0.3 is 16.0 Å². The summed E-state index contributed by atoms with van der Waals surface area (Å²) in [6, 6.07) is 7.63. The fraction of sp³-hybridized carbons (Fsp3) is 0.292. The lowest BCUT2D eigenvalue weighted by molar-refractivity contribution is -0.138. The van der Waals surface area contributed by atoms with Crippen LogP contribution in [0.3, 0.4) is 0 Å². The molecular weight excluding hydrogens is 478 g/mol. The number of nitrogens with two attached hydrogens (primary N) is 1. The van der Waals surface area contributed by atoms with Crippen molar-refractivity contribution < 1.29 is 22.4 Å². The molecule has 0 saturated carbocycles. The Bertz CT molecular complexity index is 1350. The molecule has 5 N–H and O–H groups in total. The van der Waals surface area contributed by atoms with Crippen LogP contribution in [-0.4, -0.2) is 27.0 Å². The lowest BCUT2D eigenvalue weighted by Gasteiger charge is -2.34. The second-order valence-corrected chi connectivity index (χ2v) is 8.62. The molecule has 2 aliphatic rings. The fourth-order valence-corrected chi connectivity index (χ4v) is 4.82. The smallest absolute Gasteiger partial charge is 0.366 e. The number of amides is 1. The molecule has 1 aromatic heterocycles. The van der Waals surface area contributed by atoms with E-state index in [1.165, 1.54) is 0 Å². The number of carbonyl (C=O) groups excluding carboxylic acids is 1. The van der Waals surface area contributed by atoms with E-state index in [-0.39, 0.29) is 11.6 Å². The van der Waals surface area contributed by atoms with Crippen LogP contribution in [0.25, 0.3) is 0 Å². The van der Waals surface area contributed by atoms with E-state index in [1.807, 2.05) is 11.8 Å². The van der Waals surface area contributed by atoms with Crippen LogP contribution < -0.4 is 16.4 Å². The van der Waals surface area contributed by atoms with Gasteiger partial charge in [-0.3, -0.25) is 15.2 Å². The number of H-pyrrole nitrogens is 1. The quantitative estimate of drug-likeness (QED) is 0.392. The van der Waals surface area contributed by atoms with Crippen LogP contribution in [0.4, 0.5) is 23.2 Å². The molecule has 1 unspecified atom stereocenters. The Morgan fingerprint density at radius 2 is 2.03 bits per heavy atom. The largest absolute Gasteiger partial charge is 0.416 e. The van der Waals surface area contributed by atoms with Gasteiger partial charge in [0.1, 0.15) is 12.0 Å². The molecule has 0 fully saturated rings. The van der Waals surface area contributed by atoms with Crippen molar-refractivity contribution in [3.05, 3.63) is 81.9 Å². The van der Waals surface area contributed by atoms with Gasteiger partial charge in [-0.1, -0.05) is 25.1 Å². The van der Waals surface area contributed by atoms with Gasteiger partial charge >= 0.3 is 6.18 Å². The molecule has 3 heterocycles. The zero-order chi connectivity index (χ0) is 25.6. The number of anilines is 1. The lowest BCUT2D eigenvalue weighted by atomic mass is 10.0. The summed E-state index contributed by atoms with van der Waals surface area (Å²) in [7, 11) is 0. The van der Waals surface area contributed by atoms with Gasteiger partial charge in [0.05, 0.1) is 34.7 Å². The van der Waals surface area contributed by atoms with E-state index in [0.29, 0.717) is 23.8 Å². The summed E-state index contributed by atoms with van der Waals surface area (Å²) in [5, 5.41) is 13.3. The van der Waals surface area contributed by atoms with Gasteiger partial charge in [-0.25, -0.2) is 9.38 Å². The average molecular weight is 501 g/mol. The summed E-state index contributed by atoms with van der Waals surface area (Å²) in [6.45, 7) is 2.05. The van der Waals surface area contributed by atoms with E-state index >= 15 is 0 Å². The van der Waals surface area contributed by atoms with Gasteiger partial charge in [0, 0.05) is 29.8 Å². The van der Waals surface area contributed by atoms with Gasteiger partial charge in [0.2, 0.25) is 5.96 Å². The minimum absolute atomic E-state index is 0.0832. The van der Waals surface area contributed by atoms with Crippen molar-refractivity contribution in [2.75, 3.05) is 5.32 Å². The summed E-state index contributed by atoms with van der Waals surface area (Å²) in [5.41, 5.74) is 7.09. The Hall–Kier alpha value is -3.93. The first-order valence-electron chi connectivity index (χ1n) is 11.3. The molecule has 0 aliphatic carbocycles. The number of rotatable bonds is 5. The Kier molecular flexibility index (Phi) is 5.91. The van der Waals surface area contributed by atoms with Crippen LogP contribution in [0.2, 0.25) is 0 Å². The number of carbonyl (C=O) groups is 1. The third-order valence-electron chi connectivity index (χ3n) is 6.50. The summed E-state index contributed by atoms with van der Waals surface area (Å²) < 4.78 is 55.0. The van der Waals surface area contributed by atoms with Gasteiger partial charge in [-0.2, -0.15) is 18.3 Å². The summed E-state index contributed by atoms with van der Waals surface area (Å²) in [6.07, 6.45) is -3.13. The molecule has 1 amide bonds. The second-order valence-electron chi connectivity index (χ2n) is 8.62. The Morgan fingerprint density at radius 1 is 1.25 bits per heavy atom. The van der Waals surface area contributed by atoms with E-state index < -0.39 is 41.7 Å². The molecule has 2 atom stereocenters. The first-order valence-corrected chi connectivity index (χ1v) is 11.3. The number of guanidine groups is 1. The third-order valence-corrected chi connectivity index (χ3v) is 6.50. The van der Waals surface area contributed by atoms with Crippen molar-refractivity contribution in [2.45, 2.75) is 44.8 Å². The molecule has 0 saturated heterocycles. The third kappa shape index (κ3) is 4.06. The number of alkyl halides is 3. The molecule has 12 heteroatoms. The molecule has 2 aliphatic heterocycles. The zero-order valence-corrected chi connectivity index (χ0v) is 19.2. The van der Waals surface area contributed by atoms with Crippen molar-refractivity contribution in [1.82, 2.24) is 20.4 Å². The molecular formula is C24H23F4N7O. The highest BCUT2D eigenvalue weighted by atomic mass is 19.4. The molecule has 188 valence electrons. The number of nitrogens with zero attached hydrogens (tertiary/aromatic N) is 3. The molecule has 0 radical (unpaired) electrons. The van der Waals surface area contributed by atoms with Crippen molar-refractivity contribution in [2.24, 2.45) is 10.7 Å². The number of aromatic nitrogens is 2. The first kappa shape index (κ1) is 23.8. The van der Waals surface area contributed by atoms with Gasteiger partial charge in [0.15, 0.2) is 0 Å². The minimum atomic E-state index is -4.72. The van der Waals surface area contributed by atoms with Crippen LogP contribution in [-0.2, 0) is 19.3 Å². The Labute approximate surface area is 203 Å². The van der Waals surface area contributed by atoms with Gasteiger partial charge in [0.25, 0.3) is 5.91 Å². The second kappa shape index (κ2) is 8.94. The van der Waals surface area contributed by atoms with Crippen molar-refractivity contribution in [3.8, 4) is 0 Å². The van der Waals surface area contributed by atoms with E-state index in [2.05, 4.69) is 20.8 Å². The van der Waals surface area contributed by atoms with Gasteiger partial charge in [-0.15, -0.1) is 0 Å². The van der Waals surface area contributed by atoms with E-state index in [9.17, 15) is 22.4 Å². The predicted molar refractivity (Wildman–Crippen MR) is 124 cm³/mol. The highest BCUT2D eigenvalue weighted by Gasteiger charge is 2.37. The fourth-order valence-electron chi connectivity index (χ4n) is 4.82. The first-order chi connectivity index (χ1) is 17.2. The zero-order valence-electron chi connectivity index (χ0n) is 19.2. The molecule has 5 rings (SSSR count). The monoisotopic (exact) mass is 501 g/mol. The number of nitrogens with one attached hydrogen (secondary N) is 3. The van der Waals surface area contributed by atoms with Crippen molar-refractivity contribution in [1.29, 1.82) is 0 Å². The van der Waals surface area contributed by atoms with Crippen LogP contribution in [0.15, 0.2) is 47.6 Å². The highest BCUT2D eigenvalue weighted by molar-refractivity contribution is 6.06. The molecule has 3 aromatic rings. The maximum atomic E-state index is 14.5. The van der Waals surface area contributed by atoms with Gasteiger partial charge in [-0.05, 0) is 24.6 Å². The Balaban J connectivity index is 1.53. The number of benzene rings is 2. The molecule has 2 aromatic carbocycles. The summed E-state index contributed by atoms with van der Waals surface area (Å²) in [5.74, 6) is -1.23. The predicted octanol–water partition coefficient (Wildman–Crippen LogP) is 4.20. The van der Waals surface area contributed by atoms with Crippen LogP contribution >= 0.6 is 0 Å². The number of hydrogen-bond acceptors (Lipinski definition) is 6. The van der Waals surface area contributed by atoms with E-state index in [4.69, 9.17) is 10.7 Å². The number of aliphatic imine (C=N–C) groups is 1. The number of halogens is 4. The topological polar surface area (TPSA) is 111 Å². The molecule has 36 heavy (non-hydrogen) atoms. The lowest BCUT2D eigenvalue weighted by Crippen LogP contribution is -2.40. The SMILES string of the molecule is CC[C@@H]1c2[nH]ncc2CN1C1=NC(NCc2c(F)cccc2C(F)(F)F)c2cccc(C(N)=O)c2N1. The van der Waals surface area contributed by atoms with Crippen LogP contribution in [0.5, 0.6) is 0 Å². The number of para-hydroxylation sites is 1. The molecule has 8 nitrogen and oxygen atoms in total. The molecule has 0 spiro atoms. The number of fused-ring (bicyclic) bond motifs is 2. The van der Waals surface area contributed by atoms with E-state index in [1.54, 1.807) is 24.4 Å². The molecule has 0 bridgehead atoms. The maximum Gasteiger partial charge on any atom is 0.416 e. The highest BCUT2D eigenvalue weighted by Crippen LogP contribution is 2.39. The van der Waals surface area contributed by atoms with Crippen molar-refractivity contribution >= 4 is 17.6 Å². The van der Waals surface area contributed by atoms with Crippen molar-refractivity contribution in [3.63, 3.8) is 0 Å². The summed E-state index contributed by atoms with van der Waals surface area (Å²) >= 11 is 0. The normalized spacial score (nSPS) is 18.9. The Morgan fingerprint density at radius 3 is 2.75 bits per heavy atom. The standard InChI is InChI=1S/C24H23F4N7O/c1-2-18-19-12(9-31-34-19)11-35(18)23-32-20-13(21(29)36)5-3-6-14(20)22(33-23)30-10-15-16(24(26,27)28)7-4-8-17(15)25/h3-9,18,22,30H,2,10-11H2,1H3,(H2,29,36)(H,31,34)(H,32,33)/t18-,22?/m1/s1. The minimum Gasteiger partial charge on any atom is -0.366 e.